The normalized spacial score (nSPS) is 15.1. The molecule has 1 aliphatic heterocycles. The van der Waals surface area contributed by atoms with Crippen molar-refractivity contribution in [3.05, 3.63) is 52.5 Å². The lowest BCUT2D eigenvalue weighted by Crippen LogP contribution is -2.49. The molecule has 4 rings (SSSR count). The van der Waals surface area contributed by atoms with Gasteiger partial charge in [-0.2, -0.15) is 0 Å². The van der Waals surface area contributed by atoms with Crippen molar-refractivity contribution in [3.63, 3.8) is 0 Å². The van der Waals surface area contributed by atoms with Crippen molar-refractivity contribution in [1.82, 2.24) is 9.88 Å². The predicted octanol–water partition coefficient (Wildman–Crippen LogP) is 4.13. The van der Waals surface area contributed by atoms with Gasteiger partial charge in [0.2, 0.25) is 5.91 Å². The van der Waals surface area contributed by atoms with E-state index < -0.39 is 15.1 Å². The van der Waals surface area contributed by atoms with Crippen LogP contribution in [0, 0.1) is 0 Å². The molecule has 2 aromatic carbocycles. The Morgan fingerprint density at radius 2 is 1.77 bits per heavy atom. The van der Waals surface area contributed by atoms with Crippen LogP contribution >= 0.6 is 27.3 Å². The molecule has 6 nitrogen and oxygen atoms in total. The molecule has 3 aromatic rings. The number of carbonyl (C=O) groups is 1. The van der Waals surface area contributed by atoms with Gasteiger partial charge in [0.25, 0.3) is 0 Å². The number of piperazine rings is 1. The molecule has 0 aliphatic carbocycles. The zero-order valence-electron chi connectivity index (χ0n) is 17.4. The summed E-state index contributed by atoms with van der Waals surface area (Å²) in [5.74, 6) is 0.0624. The Kier molecular flexibility index (Phi) is 6.37. The monoisotopic (exact) mass is 521 g/mol. The van der Waals surface area contributed by atoms with Crippen LogP contribution in [-0.2, 0) is 21.1 Å². The maximum absolute atomic E-state index is 12.8. The van der Waals surface area contributed by atoms with E-state index >= 15 is 0 Å². The average Bonchev–Trinajstić information content (AvgIpc) is 3.17. The lowest BCUT2D eigenvalue weighted by molar-refractivity contribution is -0.130. The van der Waals surface area contributed by atoms with E-state index in [1.165, 1.54) is 0 Å². The lowest BCUT2D eigenvalue weighted by Gasteiger charge is -2.34. The Hall–Kier alpha value is -1.97. The summed E-state index contributed by atoms with van der Waals surface area (Å²) in [5.41, 5.74) is 1.82. The Bertz CT molecular complexity index is 1200. The molecule has 1 aliphatic rings. The van der Waals surface area contributed by atoms with E-state index in [-0.39, 0.29) is 12.3 Å². The smallest absolute Gasteiger partial charge is 0.227 e. The molecule has 1 saturated heterocycles. The first-order chi connectivity index (χ1) is 14.7. The Morgan fingerprint density at radius 3 is 2.42 bits per heavy atom. The molecule has 1 fully saturated rings. The highest BCUT2D eigenvalue weighted by atomic mass is 79.9. The number of hydrogen-bond donors (Lipinski definition) is 0. The fourth-order valence-corrected chi connectivity index (χ4v) is 6.15. The molecule has 9 heteroatoms. The second-order valence-corrected chi connectivity index (χ2v) is 12.3. The number of nitrogens with zero attached hydrogens (tertiary/aromatic N) is 3. The van der Waals surface area contributed by atoms with Crippen LogP contribution in [0.5, 0.6) is 0 Å². The first-order valence-corrected chi connectivity index (χ1v) is 13.3. The predicted molar refractivity (Wildman–Crippen MR) is 129 cm³/mol. The number of hydrogen-bond acceptors (Lipinski definition) is 6. The highest BCUT2D eigenvalue weighted by Crippen LogP contribution is 2.31. The zero-order chi connectivity index (χ0) is 22.2. The first kappa shape index (κ1) is 22.2. The van der Waals surface area contributed by atoms with Crippen LogP contribution in [0.2, 0.25) is 0 Å². The standard InChI is InChI=1S/C22H24BrN3O3S2/c1-15(2)31(28,29)18-6-3-16(4-7-18)13-21(27)25-9-11-26(12-10-25)22-24-19-8-5-17(23)14-20(19)30-22/h3-8,14-15H,9-13H2,1-2H3. The summed E-state index contributed by atoms with van der Waals surface area (Å²) in [6, 6.07) is 12.8. The number of benzene rings is 2. The van der Waals surface area contributed by atoms with Crippen LogP contribution in [0.25, 0.3) is 10.2 Å². The second-order valence-electron chi connectivity index (χ2n) is 7.89. The average molecular weight is 522 g/mol. The summed E-state index contributed by atoms with van der Waals surface area (Å²) in [5, 5.41) is 0.523. The number of aromatic nitrogens is 1. The number of fused-ring (bicyclic) bond motifs is 1. The molecule has 164 valence electrons. The van der Waals surface area contributed by atoms with E-state index in [1.807, 2.05) is 17.0 Å². The quantitative estimate of drug-likeness (QED) is 0.504. The summed E-state index contributed by atoms with van der Waals surface area (Å²) in [6.45, 7) is 6.13. The van der Waals surface area contributed by atoms with Gasteiger partial charge < -0.3 is 9.80 Å². The van der Waals surface area contributed by atoms with Gasteiger partial charge in [0.1, 0.15) is 0 Å². The van der Waals surface area contributed by atoms with Crippen LogP contribution in [0.3, 0.4) is 0 Å². The second kappa shape index (κ2) is 8.88. The molecule has 0 spiro atoms. The number of amides is 1. The molecular weight excluding hydrogens is 498 g/mol. The Labute approximate surface area is 194 Å². The van der Waals surface area contributed by atoms with Crippen LogP contribution in [-0.4, -0.2) is 55.6 Å². The molecule has 0 radical (unpaired) electrons. The molecule has 2 heterocycles. The molecule has 0 saturated carbocycles. The molecular formula is C22H24BrN3O3S2. The van der Waals surface area contributed by atoms with Gasteiger partial charge in [0.05, 0.1) is 26.8 Å². The third-order valence-corrected chi connectivity index (χ3v) is 9.21. The van der Waals surface area contributed by atoms with E-state index in [0.29, 0.717) is 18.0 Å². The highest BCUT2D eigenvalue weighted by Gasteiger charge is 2.24. The van der Waals surface area contributed by atoms with Gasteiger partial charge >= 0.3 is 0 Å². The largest absolute Gasteiger partial charge is 0.345 e. The zero-order valence-corrected chi connectivity index (χ0v) is 20.6. The van der Waals surface area contributed by atoms with E-state index in [9.17, 15) is 13.2 Å². The summed E-state index contributed by atoms with van der Waals surface area (Å²) in [4.78, 5) is 21.9. The van der Waals surface area contributed by atoms with E-state index in [1.54, 1.807) is 49.4 Å². The number of sulfone groups is 1. The highest BCUT2D eigenvalue weighted by molar-refractivity contribution is 9.10. The van der Waals surface area contributed by atoms with Crippen LogP contribution in [0.1, 0.15) is 19.4 Å². The van der Waals surface area contributed by atoms with E-state index in [0.717, 1.165) is 38.5 Å². The van der Waals surface area contributed by atoms with Crippen molar-refractivity contribution >= 4 is 58.4 Å². The fraction of sp³-hybridized carbons (Fsp3) is 0.364. The van der Waals surface area contributed by atoms with Gasteiger partial charge in [-0.05, 0) is 49.7 Å². The van der Waals surface area contributed by atoms with Gasteiger partial charge in [-0.25, -0.2) is 13.4 Å². The third-order valence-electron chi connectivity index (χ3n) is 5.47. The van der Waals surface area contributed by atoms with Crippen LogP contribution in [0.4, 0.5) is 5.13 Å². The van der Waals surface area contributed by atoms with Crippen molar-refractivity contribution in [2.45, 2.75) is 30.4 Å². The summed E-state index contributed by atoms with van der Waals surface area (Å²) in [6.07, 6.45) is 0.275. The van der Waals surface area contributed by atoms with Gasteiger partial charge in [-0.3, -0.25) is 4.79 Å². The minimum Gasteiger partial charge on any atom is -0.345 e. The lowest BCUT2D eigenvalue weighted by atomic mass is 10.1. The van der Waals surface area contributed by atoms with Gasteiger partial charge in [-0.1, -0.05) is 39.4 Å². The first-order valence-electron chi connectivity index (χ1n) is 10.2. The Morgan fingerprint density at radius 1 is 1.10 bits per heavy atom. The molecule has 1 amide bonds. The van der Waals surface area contributed by atoms with Crippen molar-refractivity contribution in [1.29, 1.82) is 0 Å². The maximum Gasteiger partial charge on any atom is 0.227 e. The number of rotatable bonds is 5. The van der Waals surface area contributed by atoms with E-state index in [2.05, 4.69) is 26.9 Å². The van der Waals surface area contributed by atoms with Gasteiger partial charge in [0, 0.05) is 30.7 Å². The summed E-state index contributed by atoms with van der Waals surface area (Å²) < 4.78 is 26.7. The molecule has 31 heavy (non-hydrogen) atoms. The number of thiazole rings is 1. The number of carbonyl (C=O) groups excluding carboxylic acids is 1. The van der Waals surface area contributed by atoms with Crippen LogP contribution in [0.15, 0.2) is 51.8 Å². The van der Waals surface area contributed by atoms with Crippen molar-refractivity contribution in [2.75, 3.05) is 31.1 Å². The Balaban J connectivity index is 1.36. The molecule has 0 bridgehead atoms. The van der Waals surface area contributed by atoms with E-state index in [4.69, 9.17) is 4.98 Å². The summed E-state index contributed by atoms with van der Waals surface area (Å²) in [7, 11) is -3.30. The SMILES string of the molecule is CC(C)S(=O)(=O)c1ccc(CC(=O)N2CCN(c3nc4ccc(Br)cc4s3)CC2)cc1. The number of anilines is 1. The molecule has 0 unspecified atom stereocenters. The molecule has 0 N–H and O–H groups in total. The maximum atomic E-state index is 12.8. The minimum atomic E-state index is -3.30. The molecule has 1 aromatic heterocycles. The molecule has 0 atom stereocenters. The van der Waals surface area contributed by atoms with Crippen molar-refractivity contribution in [2.24, 2.45) is 0 Å². The van der Waals surface area contributed by atoms with Crippen molar-refractivity contribution < 1.29 is 13.2 Å². The van der Waals surface area contributed by atoms with Gasteiger partial charge in [-0.15, -0.1) is 0 Å². The third kappa shape index (κ3) is 4.78. The van der Waals surface area contributed by atoms with Gasteiger partial charge in [0.15, 0.2) is 15.0 Å². The topological polar surface area (TPSA) is 70.6 Å². The fourth-order valence-electron chi connectivity index (χ4n) is 3.52. The minimum absolute atomic E-state index is 0.0624. The summed E-state index contributed by atoms with van der Waals surface area (Å²) >= 11 is 5.17. The number of halogens is 1. The van der Waals surface area contributed by atoms with Crippen molar-refractivity contribution in [3.8, 4) is 0 Å². The van der Waals surface area contributed by atoms with Crippen LogP contribution < -0.4 is 4.90 Å².